The Labute approximate surface area is 161 Å². The third kappa shape index (κ3) is 4.15. The highest BCUT2D eigenvalue weighted by molar-refractivity contribution is 7.92. The topological polar surface area (TPSA) is 145 Å². The van der Waals surface area contributed by atoms with Crippen LogP contribution in [0.4, 0.5) is 23.1 Å². The van der Waals surface area contributed by atoms with Gasteiger partial charge in [-0.25, -0.2) is 13.4 Å². The van der Waals surface area contributed by atoms with E-state index >= 15 is 0 Å². The smallest absolute Gasteiger partial charge is 0.231 e. The van der Waals surface area contributed by atoms with Gasteiger partial charge in [0.15, 0.2) is 11.5 Å². The molecule has 1 fully saturated rings. The van der Waals surface area contributed by atoms with E-state index in [1.165, 1.54) is 6.33 Å². The molecule has 0 aliphatic heterocycles. The van der Waals surface area contributed by atoms with E-state index < -0.39 is 16.1 Å². The number of aromatic nitrogens is 4. The lowest BCUT2D eigenvalue weighted by molar-refractivity contribution is 0.171. The number of hydrogen-bond acceptors (Lipinski definition) is 8. The normalized spacial score (nSPS) is 19.6. The highest BCUT2D eigenvalue weighted by atomic mass is 32.2. The van der Waals surface area contributed by atoms with Gasteiger partial charge in [0.25, 0.3) is 0 Å². The minimum Gasteiger partial charge on any atom is -0.391 e. The summed E-state index contributed by atoms with van der Waals surface area (Å²) in [5, 5.41) is 16.4. The lowest BCUT2D eigenvalue weighted by Gasteiger charge is -2.17. The molecule has 148 valence electrons. The summed E-state index contributed by atoms with van der Waals surface area (Å²) in [4.78, 5) is 16.1. The van der Waals surface area contributed by atoms with E-state index in [9.17, 15) is 13.5 Å². The van der Waals surface area contributed by atoms with E-state index in [0.29, 0.717) is 34.3 Å². The van der Waals surface area contributed by atoms with Crippen LogP contribution in [0.3, 0.4) is 0 Å². The standard InChI is InChI=1S/C17H21N7O3S/c1-28(26,27)24-11-5-2-4-10(8-11)20-17-22-15-14(18-9-19-15)16(23-17)21-12-6-3-7-13(12)25/h2,4-5,8-9,12-13,24-25H,3,6-7H2,1H3,(H3,18,19,20,21,22,23)/t12-,13-/m0/s1. The number of nitrogens with zero attached hydrogens (tertiary/aromatic N) is 3. The van der Waals surface area contributed by atoms with Gasteiger partial charge in [0.2, 0.25) is 16.0 Å². The number of aliphatic hydroxyl groups excluding tert-OH is 1. The van der Waals surface area contributed by atoms with Crippen LogP contribution in [0.25, 0.3) is 11.2 Å². The number of imidazole rings is 1. The van der Waals surface area contributed by atoms with Crippen molar-refractivity contribution in [3.8, 4) is 0 Å². The molecule has 0 unspecified atom stereocenters. The first-order valence-corrected chi connectivity index (χ1v) is 10.8. The second-order valence-electron chi connectivity index (χ2n) is 6.82. The third-order valence-electron chi connectivity index (χ3n) is 4.50. The van der Waals surface area contributed by atoms with E-state index in [1.807, 2.05) is 0 Å². The third-order valence-corrected chi connectivity index (χ3v) is 5.11. The van der Waals surface area contributed by atoms with Crippen molar-refractivity contribution in [1.82, 2.24) is 19.9 Å². The highest BCUT2D eigenvalue weighted by Gasteiger charge is 2.26. The number of anilines is 4. The molecule has 11 heteroatoms. The zero-order valence-electron chi connectivity index (χ0n) is 15.2. The first-order valence-electron chi connectivity index (χ1n) is 8.88. The van der Waals surface area contributed by atoms with Gasteiger partial charge < -0.3 is 20.7 Å². The van der Waals surface area contributed by atoms with Crippen LogP contribution in [-0.2, 0) is 10.0 Å². The number of aliphatic hydroxyl groups is 1. The molecule has 0 amide bonds. The molecule has 4 rings (SSSR count). The Morgan fingerprint density at radius 1 is 1.21 bits per heavy atom. The predicted octanol–water partition coefficient (Wildman–Crippen LogP) is 1.79. The maximum absolute atomic E-state index is 11.4. The van der Waals surface area contributed by atoms with Crippen molar-refractivity contribution in [3.63, 3.8) is 0 Å². The molecule has 0 spiro atoms. The van der Waals surface area contributed by atoms with Crippen LogP contribution in [0.2, 0.25) is 0 Å². The lowest BCUT2D eigenvalue weighted by Crippen LogP contribution is -2.28. The first-order chi connectivity index (χ1) is 13.4. The monoisotopic (exact) mass is 403 g/mol. The van der Waals surface area contributed by atoms with Crippen LogP contribution in [0.1, 0.15) is 19.3 Å². The van der Waals surface area contributed by atoms with Gasteiger partial charge in [-0.1, -0.05) is 6.07 Å². The second kappa shape index (κ2) is 7.24. The fourth-order valence-corrected chi connectivity index (χ4v) is 3.84. The van der Waals surface area contributed by atoms with E-state index in [-0.39, 0.29) is 6.04 Å². The minimum atomic E-state index is -3.37. The summed E-state index contributed by atoms with van der Waals surface area (Å²) in [6.45, 7) is 0. The average Bonchev–Trinajstić information content (AvgIpc) is 3.23. The molecule has 0 radical (unpaired) electrons. The molecule has 1 aliphatic carbocycles. The number of sulfonamides is 1. The van der Waals surface area contributed by atoms with Crippen molar-refractivity contribution in [1.29, 1.82) is 0 Å². The summed E-state index contributed by atoms with van der Waals surface area (Å²) in [5.74, 6) is 0.855. The van der Waals surface area contributed by atoms with Gasteiger partial charge in [0, 0.05) is 5.69 Å². The molecule has 10 nitrogen and oxygen atoms in total. The minimum absolute atomic E-state index is 0.0788. The van der Waals surface area contributed by atoms with Crippen molar-refractivity contribution in [2.24, 2.45) is 0 Å². The van der Waals surface area contributed by atoms with Gasteiger partial charge in [-0.2, -0.15) is 9.97 Å². The number of nitrogens with one attached hydrogen (secondary N) is 4. The summed E-state index contributed by atoms with van der Waals surface area (Å²) < 4.78 is 25.3. The number of fused-ring (bicyclic) bond motifs is 1. The maximum Gasteiger partial charge on any atom is 0.231 e. The Morgan fingerprint density at radius 2 is 2.04 bits per heavy atom. The van der Waals surface area contributed by atoms with Gasteiger partial charge in [0.05, 0.1) is 30.4 Å². The van der Waals surface area contributed by atoms with Crippen LogP contribution in [0.5, 0.6) is 0 Å². The van der Waals surface area contributed by atoms with E-state index in [0.717, 1.165) is 25.5 Å². The molecule has 0 bridgehead atoms. The van der Waals surface area contributed by atoms with E-state index in [1.54, 1.807) is 24.3 Å². The SMILES string of the molecule is CS(=O)(=O)Nc1cccc(Nc2nc(N[C@H]3CCC[C@@H]3O)c3nc[nH]c3n2)c1. The number of aromatic amines is 1. The highest BCUT2D eigenvalue weighted by Crippen LogP contribution is 2.27. The van der Waals surface area contributed by atoms with Crippen molar-refractivity contribution < 1.29 is 13.5 Å². The largest absolute Gasteiger partial charge is 0.391 e. The number of rotatable bonds is 6. The Morgan fingerprint density at radius 3 is 2.79 bits per heavy atom. The summed E-state index contributed by atoms with van der Waals surface area (Å²) >= 11 is 0. The Bertz CT molecular complexity index is 1100. The Balaban J connectivity index is 1.61. The molecule has 1 aromatic carbocycles. The molecule has 5 N–H and O–H groups in total. The molecular weight excluding hydrogens is 382 g/mol. The van der Waals surface area contributed by atoms with E-state index in [4.69, 9.17) is 0 Å². The van der Waals surface area contributed by atoms with Crippen LogP contribution in [0.15, 0.2) is 30.6 Å². The van der Waals surface area contributed by atoms with Crippen molar-refractivity contribution in [3.05, 3.63) is 30.6 Å². The van der Waals surface area contributed by atoms with Crippen molar-refractivity contribution >= 4 is 44.3 Å². The van der Waals surface area contributed by atoms with Gasteiger partial charge in [-0.3, -0.25) is 4.72 Å². The van der Waals surface area contributed by atoms with Crippen LogP contribution in [0, 0.1) is 0 Å². The zero-order chi connectivity index (χ0) is 19.7. The molecule has 2 atom stereocenters. The Kier molecular flexibility index (Phi) is 4.77. The molecule has 2 aromatic heterocycles. The molecule has 3 aromatic rings. The first kappa shape index (κ1) is 18.4. The molecule has 1 saturated carbocycles. The summed E-state index contributed by atoms with van der Waals surface area (Å²) in [7, 11) is -3.37. The zero-order valence-corrected chi connectivity index (χ0v) is 16.0. The molecule has 1 aliphatic rings. The average molecular weight is 403 g/mol. The molecule has 2 heterocycles. The molecule has 28 heavy (non-hydrogen) atoms. The fraction of sp³-hybridized carbons (Fsp3) is 0.353. The van der Waals surface area contributed by atoms with Gasteiger partial charge in [-0.05, 0) is 37.5 Å². The van der Waals surface area contributed by atoms with Crippen LogP contribution in [-0.4, -0.2) is 51.9 Å². The number of H-pyrrole nitrogens is 1. The predicted molar refractivity (Wildman–Crippen MR) is 107 cm³/mol. The van der Waals surface area contributed by atoms with E-state index in [2.05, 4.69) is 35.3 Å². The van der Waals surface area contributed by atoms with Gasteiger partial charge in [-0.15, -0.1) is 0 Å². The van der Waals surface area contributed by atoms with Crippen molar-refractivity contribution in [2.75, 3.05) is 21.6 Å². The fourth-order valence-electron chi connectivity index (χ4n) is 3.28. The van der Waals surface area contributed by atoms with Crippen LogP contribution < -0.4 is 15.4 Å². The summed E-state index contributed by atoms with van der Waals surface area (Å²) in [6, 6.07) is 6.72. The van der Waals surface area contributed by atoms with Crippen LogP contribution >= 0.6 is 0 Å². The Hall–Kier alpha value is -2.92. The van der Waals surface area contributed by atoms with Gasteiger partial charge >= 0.3 is 0 Å². The molecule has 0 saturated heterocycles. The number of benzene rings is 1. The molecular formula is C17H21N7O3S. The maximum atomic E-state index is 11.4. The lowest BCUT2D eigenvalue weighted by atomic mass is 10.2. The summed E-state index contributed by atoms with van der Waals surface area (Å²) in [5.41, 5.74) is 2.21. The summed E-state index contributed by atoms with van der Waals surface area (Å²) in [6.07, 6.45) is 4.79. The van der Waals surface area contributed by atoms with Crippen molar-refractivity contribution in [2.45, 2.75) is 31.4 Å². The second-order valence-corrected chi connectivity index (χ2v) is 8.57. The van der Waals surface area contributed by atoms with Gasteiger partial charge in [0.1, 0.15) is 5.52 Å². The quantitative estimate of drug-likeness (QED) is 0.419. The number of hydrogen-bond donors (Lipinski definition) is 5.